The van der Waals surface area contributed by atoms with E-state index in [0.29, 0.717) is 0 Å². The van der Waals surface area contributed by atoms with Crippen LogP contribution in [0.15, 0.2) is 16.4 Å². The summed E-state index contributed by atoms with van der Waals surface area (Å²) in [4.78, 5) is 3.35. The Hall–Kier alpha value is -0.930. The Morgan fingerprint density at radius 3 is 2.33 bits per heavy atom. The lowest BCUT2D eigenvalue weighted by molar-refractivity contribution is 0.507. The summed E-state index contributed by atoms with van der Waals surface area (Å²) in [5.41, 5.74) is 0.106. The average Bonchev–Trinajstić information content (AvgIpc) is 2.33. The highest BCUT2D eigenvalue weighted by molar-refractivity contribution is 5.63. The number of allylic oxidation sites excluding steroid dienone is 2. The van der Waals surface area contributed by atoms with E-state index >= 15 is 0 Å². The van der Waals surface area contributed by atoms with Gasteiger partial charge in [0.25, 0.3) is 0 Å². The van der Waals surface area contributed by atoms with Gasteiger partial charge >= 0.3 is 0 Å². The van der Waals surface area contributed by atoms with Crippen molar-refractivity contribution in [2.75, 3.05) is 13.3 Å². The average molecular weight is 130 g/mol. The van der Waals surface area contributed by atoms with E-state index in [9.17, 15) is 8.78 Å². The van der Waals surface area contributed by atoms with Crippen molar-refractivity contribution in [3.8, 4) is 0 Å². The summed E-state index contributed by atoms with van der Waals surface area (Å²) in [6.07, 6.45) is 2.12. The quantitative estimate of drug-likeness (QED) is 0.525. The van der Waals surface area contributed by atoms with Gasteiger partial charge < -0.3 is 0 Å². The van der Waals surface area contributed by atoms with Gasteiger partial charge in [0.2, 0.25) is 0 Å². The van der Waals surface area contributed by atoms with Crippen molar-refractivity contribution in [2.24, 2.45) is 4.99 Å². The highest BCUT2D eigenvalue weighted by atomic mass is 19.1. The Morgan fingerprint density at radius 2 is 1.89 bits per heavy atom. The molecular formula is C5H4F2N2. The zero-order valence-electron chi connectivity index (χ0n) is 4.56. The molecule has 0 aromatic heterocycles. The maximum atomic E-state index is 11.7. The maximum Gasteiger partial charge on any atom is 0.198 e. The third-order valence-corrected chi connectivity index (χ3v) is 0.956. The molecule has 1 aliphatic heterocycles. The van der Waals surface area contributed by atoms with E-state index in [4.69, 9.17) is 0 Å². The molecule has 0 atom stereocenters. The fourth-order valence-electron chi connectivity index (χ4n) is 0.489. The Morgan fingerprint density at radius 1 is 1.22 bits per heavy atom. The van der Waals surface area contributed by atoms with Crippen LogP contribution in [0.5, 0.6) is 0 Å². The van der Waals surface area contributed by atoms with Gasteiger partial charge in [-0.05, 0) is 0 Å². The minimum absolute atomic E-state index is 0.0532. The molecule has 0 N–H and O–H groups in total. The second-order valence-corrected chi connectivity index (χ2v) is 1.48. The molecule has 0 aromatic carbocycles. The fourth-order valence-corrected chi connectivity index (χ4v) is 0.489. The van der Waals surface area contributed by atoms with Crippen molar-refractivity contribution in [1.82, 2.24) is 5.32 Å². The summed E-state index contributed by atoms with van der Waals surface area (Å²) in [6.45, 7) is -1.54. The SMILES string of the molecule is FCC1=C(CF)N=[C][N]1. The molecule has 48 valence electrons. The summed E-state index contributed by atoms with van der Waals surface area (Å²) in [7, 11) is 0. The highest BCUT2D eigenvalue weighted by Gasteiger charge is 2.10. The largest absolute Gasteiger partial charge is 0.244 e. The van der Waals surface area contributed by atoms with Gasteiger partial charge in [-0.25, -0.2) is 19.1 Å². The van der Waals surface area contributed by atoms with Gasteiger partial charge in [0.1, 0.15) is 13.3 Å². The van der Waals surface area contributed by atoms with Crippen LogP contribution in [0.4, 0.5) is 8.78 Å². The Balaban J connectivity index is 2.67. The molecule has 0 unspecified atom stereocenters. The molecule has 0 aromatic rings. The van der Waals surface area contributed by atoms with E-state index in [1.165, 1.54) is 0 Å². The normalized spacial score (nSPS) is 16.7. The summed E-state index contributed by atoms with van der Waals surface area (Å²) < 4.78 is 23.4. The molecule has 1 rings (SSSR count). The van der Waals surface area contributed by atoms with Gasteiger partial charge in [0.15, 0.2) is 6.34 Å². The molecule has 2 radical (unpaired) electrons. The van der Waals surface area contributed by atoms with Crippen molar-refractivity contribution in [1.29, 1.82) is 0 Å². The molecule has 0 aliphatic carbocycles. The molecule has 9 heavy (non-hydrogen) atoms. The van der Waals surface area contributed by atoms with Crippen molar-refractivity contribution in [3.05, 3.63) is 11.4 Å². The molecule has 0 spiro atoms. The van der Waals surface area contributed by atoms with Crippen LogP contribution >= 0.6 is 0 Å². The lowest BCUT2D eigenvalue weighted by Gasteiger charge is -1.91. The van der Waals surface area contributed by atoms with Crippen LogP contribution < -0.4 is 5.32 Å². The van der Waals surface area contributed by atoms with Gasteiger partial charge in [-0.2, -0.15) is 0 Å². The van der Waals surface area contributed by atoms with E-state index in [0.717, 1.165) is 0 Å². The van der Waals surface area contributed by atoms with Crippen molar-refractivity contribution >= 4 is 6.34 Å². The molecule has 0 amide bonds. The topological polar surface area (TPSA) is 26.5 Å². The first kappa shape index (κ1) is 6.19. The van der Waals surface area contributed by atoms with Crippen LogP contribution in [-0.2, 0) is 0 Å². The minimum atomic E-state index is -0.768. The van der Waals surface area contributed by atoms with Crippen molar-refractivity contribution in [3.63, 3.8) is 0 Å². The first-order valence-corrected chi connectivity index (χ1v) is 2.39. The third-order valence-electron chi connectivity index (χ3n) is 0.956. The number of rotatable bonds is 2. The lowest BCUT2D eigenvalue weighted by atomic mass is 10.4. The number of aliphatic imine (C=N–C) groups is 1. The van der Waals surface area contributed by atoms with E-state index in [2.05, 4.69) is 16.6 Å². The molecular weight excluding hydrogens is 126 g/mol. The first-order chi connectivity index (χ1) is 4.38. The minimum Gasteiger partial charge on any atom is -0.244 e. The zero-order chi connectivity index (χ0) is 6.69. The third kappa shape index (κ3) is 1.06. The number of hydrogen-bond acceptors (Lipinski definition) is 1. The second kappa shape index (κ2) is 2.57. The van der Waals surface area contributed by atoms with Gasteiger partial charge in [-0.3, -0.25) is 0 Å². The monoisotopic (exact) mass is 130 g/mol. The molecule has 1 heterocycles. The molecule has 0 fully saturated rings. The molecule has 2 nitrogen and oxygen atoms in total. The highest BCUT2D eigenvalue weighted by Crippen LogP contribution is 2.09. The van der Waals surface area contributed by atoms with Crippen LogP contribution in [0.25, 0.3) is 0 Å². The smallest absolute Gasteiger partial charge is 0.198 e. The molecule has 1 aliphatic rings. The number of nitrogens with zero attached hydrogens (tertiary/aromatic N) is 2. The van der Waals surface area contributed by atoms with Gasteiger partial charge in [-0.15, -0.1) is 0 Å². The second-order valence-electron chi connectivity index (χ2n) is 1.48. The molecule has 0 saturated carbocycles. The predicted molar refractivity (Wildman–Crippen MR) is 28.5 cm³/mol. The molecule has 4 heteroatoms. The van der Waals surface area contributed by atoms with E-state index in [1.807, 2.05) is 0 Å². The summed E-state index contributed by atoms with van der Waals surface area (Å²) in [5.74, 6) is 0. The van der Waals surface area contributed by atoms with Gasteiger partial charge in [0, 0.05) is 0 Å². The van der Waals surface area contributed by atoms with Crippen molar-refractivity contribution < 1.29 is 8.78 Å². The van der Waals surface area contributed by atoms with Gasteiger partial charge in [0.05, 0.1) is 11.4 Å². The van der Waals surface area contributed by atoms with Crippen molar-refractivity contribution in [2.45, 2.75) is 0 Å². The zero-order valence-corrected chi connectivity index (χ0v) is 4.56. The van der Waals surface area contributed by atoms with E-state index in [1.54, 1.807) is 0 Å². The number of hydrogen-bond donors (Lipinski definition) is 0. The van der Waals surface area contributed by atoms with Crippen LogP contribution in [0, 0.1) is 0 Å². The summed E-state index contributed by atoms with van der Waals surface area (Å²) in [5, 5.41) is 3.35. The van der Waals surface area contributed by atoms with Crippen LogP contribution in [0.3, 0.4) is 0 Å². The van der Waals surface area contributed by atoms with E-state index < -0.39 is 13.3 Å². The van der Waals surface area contributed by atoms with E-state index in [-0.39, 0.29) is 11.4 Å². The van der Waals surface area contributed by atoms with Crippen LogP contribution in [0.1, 0.15) is 0 Å². The van der Waals surface area contributed by atoms with Gasteiger partial charge in [-0.1, -0.05) is 0 Å². The van der Waals surface area contributed by atoms with Crippen LogP contribution in [-0.4, -0.2) is 19.7 Å². The standard InChI is InChI=1S/C5H4F2N2/c6-1-4-5(2-7)9-3-8-4/h1-2H2. The fraction of sp³-hybridized carbons (Fsp3) is 0.400. The first-order valence-electron chi connectivity index (χ1n) is 2.39. The summed E-state index contributed by atoms with van der Waals surface area (Å²) in [6, 6.07) is 0. The molecule has 0 saturated heterocycles. The number of alkyl halides is 2. The Bertz CT molecular complexity index is 162. The maximum absolute atomic E-state index is 11.7. The van der Waals surface area contributed by atoms with Crippen LogP contribution in [0.2, 0.25) is 0 Å². The number of halogens is 2. The lowest BCUT2D eigenvalue weighted by Crippen LogP contribution is -1.99. The molecule has 0 bridgehead atoms. The Kier molecular flexibility index (Phi) is 1.77. The predicted octanol–water partition coefficient (Wildman–Crippen LogP) is 0.660. The summed E-state index contributed by atoms with van der Waals surface area (Å²) >= 11 is 0. The Labute approximate surface area is 51.3 Å².